The molecule has 4 unspecified atom stereocenters. The highest BCUT2D eigenvalue weighted by Gasteiger charge is 2.29. The molecule has 1 aliphatic rings. The van der Waals surface area contributed by atoms with Crippen LogP contribution in [-0.4, -0.2) is 21.9 Å². The lowest BCUT2D eigenvalue weighted by molar-refractivity contribution is -0.153. The highest BCUT2D eigenvalue weighted by molar-refractivity contribution is 5.77. The molecule has 2 N–H and O–H groups in total. The third kappa shape index (κ3) is 3.35. The van der Waals surface area contributed by atoms with Crippen LogP contribution in [0.5, 0.6) is 0 Å². The minimum absolute atomic E-state index is 0.0152. The minimum atomic E-state index is -0.733. The molecule has 4 atom stereocenters. The molecule has 1 fully saturated rings. The van der Waals surface area contributed by atoms with Crippen molar-refractivity contribution in [3.05, 3.63) is 18.0 Å². The Bertz CT molecular complexity index is 444. The van der Waals surface area contributed by atoms with Gasteiger partial charge in [0.25, 0.3) is 0 Å². The molecule has 19 heavy (non-hydrogen) atoms. The molecular weight excluding hydrogens is 242 g/mol. The van der Waals surface area contributed by atoms with Crippen LogP contribution in [0.25, 0.3) is 0 Å². The first-order valence-corrected chi connectivity index (χ1v) is 6.92. The lowest BCUT2D eigenvalue weighted by atomic mass is 9.80. The van der Waals surface area contributed by atoms with E-state index in [1.54, 1.807) is 24.1 Å². The van der Waals surface area contributed by atoms with Crippen molar-refractivity contribution in [2.45, 2.75) is 45.3 Å². The smallest absolute Gasteiger partial charge is 0.327 e. The van der Waals surface area contributed by atoms with Crippen LogP contribution < -0.4 is 5.73 Å². The van der Waals surface area contributed by atoms with E-state index in [-0.39, 0.29) is 12.1 Å². The van der Waals surface area contributed by atoms with Gasteiger partial charge in [-0.1, -0.05) is 13.8 Å². The van der Waals surface area contributed by atoms with Crippen LogP contribution in [0.15, 0.2) is 12.4 Å². The van der Waals surface area contributed by atoms with Gasteiger partial charge >= 0.3 is 5.97 Å². The summed E-state index contributed by atoms with van der Waals surface area (Å²) in [5.74, 6) is 0.961. The Balaban J connectivity index is 1.90. The van der Waals surface area contributed by atoms with Crippen molar-refractivity contribution in [1.29, 1.82) is 0 Å². The molecule has 0 saturated heterocycles. The molecule has 5 heteroatoms. The normalized spacial score (nSPS) is 28.9. The maximum Gasteiger partial charge on any atom is 0.327 e. The molecule has 0 aromatic carbocycles. The number of carbonyl (C=O) groups is 1. The third-order valence-corrected chi connectivity index (χ3v) is 4.17. The Kier molecular flexibility index (Phi) is 4.24. The van der Waals surface area contributed by atoms with E-state index in [2.05, 4.69) is 18.9 Å². The molecule has 1 saturated carbocycles. The van der Waals surface area contributed by atoms with Gasteiger partial charge in [0, 0.05) is 18.8 Å². The summed E-state index contributed by atoms with van der Waals surface area (Å²) in [6.45, 7) is 4.47. The van der Waals surface area contributed by atoms with Crippen molar-refractivity contribution in [3.8, 4) is 0 Å². The third-order valence-electron chi connectivity index (χ3n) is 4.17. The van der Waals surface area contributed by atoms with E-state index < -0.39 is 6.04 Å². The van der Waals surface area contributed by atoms with Crippen LogP contribution in [0.2, 0.25) is 0 Å². The Morgan fingerprint density at radius 1 is 1.47 bits per heavy atom. The fraction of sp³-hybridized carbons (Fsp3) is 0.714. The van der Waals surface area contributed by atoms with E-state index in [0.29, 0.717) is 17.4 Å². The predicted octanol–water partition coefficient (Wildman–Crippen LogP) is 1.79. The first-order chi connectivity index (χ1) is 8.97. The number of hydrogen-bond donors (Lipinski definition) is 1. The van der Waals surface area contributed by atoms with E-state index >= 15 is 0 Å². The van der Waals surface area contributed by atoms with Crippen LogP contribution in [-0.2, 0) is 16.6 Å². The number of nitrogens with zero attached hydrogens (tertiary/aromatic N) is 2. The molecule has 106 valence electrons. The lowest BCUT2D eigenvalue weighted by Crippen LogP contribution is -2.32. The zero-order valence-electron chi connectivity index (χ0n) is 11.9. The minimum Gasteiger partial charge on any atom is -0.461 e. The fourth-order valence-corrected chi connectivity index (χ4v) is 2.58. The summed E-state index contributed by atoms with van der Waals surface area (Å²) in [7, 11) is 1.80. The molecule has 0 radical (unpaired) electrons. The Morgan fingerprint density at radius 3 is 2.79 bits per heavy atom. The van der Waals surface area contributed by atoms with Gasteiger partial charge in [-0.2, -0.15) is 5.10 Å². The molecule has 5 nitrogen and oxygen atoms in total. The monoisotopic (exact) mass is 265 g/mol. The van der Waals surface area contributed by atoms with Gasteiger partial charge in [0.1, 0.15) is 12.1 Å². The molecule has 0 aliphatic heterocycles. The number of esters is 1. The molecule has 1 aromatic rings. The second-order valence-corrected chi connectivity index (χ2v) is 5.75. The van der Waals surface area contributed by atoms with Crippen molar-refractivity contribution < 1.29 is 9.53 Å². The zero-order valence-corrected chi connectivity index (χ0v) is 11.9. The molecular formula is C14H23N3O2. The van der Waals surface area contributed by atoms with Gasteiger partial charge in [-0.3, -0.25) is 4.68 Å². The summed E-state index contributed by atoms with van der Waals surface area (Å²) in [5, 5.41) is 4.02. The lowest BCUT2D eigenvalue weighted by Gasteiger charge is -2.32. The molecule has 1 heterocycles. The van der Waals surface area contributed by atoms with Crippen LogP contribution in [0.3, 0.4) is 0 Å². The van der Waals surface area contributed by atoms with E-state index in [0.717, 1.165) is 19.3 Å². The molecule has 0 bridgehead atoms. The van der Waals surface area contributed by atoms with Crippen molar-refractivity contribution in [2.75, 3.05) is 0 Å². The first-order valence-electron chi connectivity index (χ1n) is 6.92. The van der Waals surface area contributed by atoms with Gasteiger partial charge in [-0.15, -0.1) is 0 Å². The van der Waals surface area contributed by atoms with Gasteiger partial charge in [-0.05, 0) is 31.1 Å². The number of hydrogen-bond acceptors (Lipinski definition) is 4. The average molecular weight is 265 g/mol. The number of ether oxygens (including phenoxy) is 1. The van der Waals surface area contributed by atoms with Crippen molar-refractivity contribution in [2.24, 2.45) is 24.6 Å². The highest BCUT2D eigenvalue weighted by atomic mass is 16.5. The molecule has 1 aliphatic carbocycles. The zero-order chi connectivity index (χ0) is 14.0. The standard InChI is InChI=1S/C14H23N3O2/c1-9-4-5-12(6-10(9)2)19-14(18)13(15)11-7-16-17(3)8-11/h7-10,12-13H,4-6,15H2,1-3H3. The second-order valence-electron chi connectivity index (χ2n) is 5.75. The SMILES string of the molecule is CC1CCC(OC(=O)C(N)c2cnn(C)c2)CC1C. The van der Waals surface area contributed by atoms with E-state index in [1.165, 1.54) is 0 Å². The number of aryl methyl sites for hydroxylation is 1. The predicted molar refractivity (Wildman–Crippen MR) is 72.2 cm³/mol. The second kappa shape index (κ2) is 5.74. The summed E-state index contributed by atoms with van der Waals surface area (Å²) in [4.78, 5) is 12.0. The molecule has 0 spiro atoms. The number of carbonyl (C=O) groups excluding carboxylic acids is 1. The topological polar surface area (TPSA) is 70.1 Å². The van der Waals surface area contributed by atoms with Crippen LogP contribution in [0, 0.1) is 11.8 Å². The highest BCUT2D eigenvalue weighted by Crippen LogP contribution is 2.31. The van der Waals surface area contributed by atoms with E-state index in [9.17, 15) is 4.79 Å². The maximum atomic E-state index is 12.0. The maximum absolute atomic E-state index is 12.0. The van der Waals surface area contributed by atoms with Gasteiger partial charge in [0.15, 0.2) is 0 Å². The summed E-state index contributed by atoms with van der Waals surface area (Å²) in [5.41, 5.74) is 6.60. The summed E-state index contributed by atoms with van der Waals surface area (Å²) in [6.07, 6.45) is 6.36. The van der Waals surface area contributed by atoms with Gasteiger partial charge in [-0.25, -0.2) is 4.79 Å². The molecule has 1 aromatic heterocycles. The Labute approximate surface area is 114 Å². The Hall–Kier alpha value is -1.36. The van der Waals surface area contributed by atoms with E-state index in [1.807, 2.05) is 0 Å². The van der Waals surface area contributed by atoms with Crippen molar-refractivity contribution in [1.82, 2.24) is 9.78 Å². The van der Waals surface area contributed by atoms with Crippen LogP contribution in [0.1, 0.15) is 44.7 Å². The van der Waals surface area contributed by atoms with Crippen molar-refractivity contribution in [3.63, 3.8) is 0 Å². The van der Waals surface area contributed by atoms with Crippen molar-refractivity contribution >= 4 is 5.97 Å². The number of nitrogens with two attached hydrogens (primary N) is 1. The number of aromatic nitrogens is 2. The van der Waals surface area contributed by atoms with Crippen LogP contribution >= 0.6 is 0 Å². The largest absolute Gasteiger partial charge is 0.461 e. The first kappa shape index (κ1) is 14.1. The average Bonchev–Trinajstić information content (AvgIpc) is 2.79. The fourth-order valence-electron chi connectivity index (χ4n) is 2.58. The molecule has 2 rings (SSSR count). The van der Waals surface area contributed by atoms with E-state index in [4.69, 9.17) is 10.5 Å². The Morgan fingerprint density at radius 2 is 2.21 bits per heavy atom. The summed E-state index contributed by atoms with van der Waals surface area (Å²) >= 11 is 0. The van der Waals surface area contributed by atoms with Crippen LogP contribution in [0.4, 0.5) is 0 Å². The van der Waals surface area contributed by atoms with Gasteiger partial charge in [0.05, 0.1) is 6.20 Å². The summed E-state index contributed by atoms with van der Waals surface area (Å²) in [6, 6.07) is -0.733. The quantitative estimate of drug-likeness (QED) is 0.846. The molecule has 0 amide bonds. The summed E-state index contributed by atoms with van der Waals surface area (Å²) < 4.78 is 7.17. The van der Waals surface area contributed by atoms with Gasteiger partial charge in [0.2, 0.25) is 0 Å². The van der Waals surface area contributed by atoms with Gasteiger partial charge < -0.3 is 10.5 Å². The number of rotatable bonds is 3.